The summed E-state index contributed by atoms with van der Waals surface area (Å²) in [4.78, 5) is 0.743. The van der Waals surface area contributed by atoms with Gasteiger partial charge in [-0.15, -0.1) is 0 Å². The van der Waals surface area contributed by atoms with E-state index in [9.17, 15) is 9.32 Å². The van der Waals surface area contributed by atoms with Crippen LogP contribution in [-0.2, 0) is 10.8 Å². The third kappa shape index (κ3) is 5.15. The molecule has 0 aromatic heterocycles. The van der Waals surface area contributed by atoms with Crippen LogP contribution in [0.25, 0.3) is 0 Å². The van der Waals surface area contributed by atoms with Crippen molar-refractivity contribution in [1.82, 2.24) is 0 Å². The fourth-order valence-electron chi connectivity index (χ4n) is 1.34. The van der Waals surface area contributed by atoms with Crippen molar-refractivity contribution in [1.29, 1.82) is 0 Å². The van der Waals surface area contributed by atoms with Gasteiger partial charge in [0, 0.05) is 14.8 Å². The maximum absolute atomic E-state index is 11.9. The van der Waals surface area contributed by atoms with Crippen LogP contribution >= 0.6 is 15.9 Å². The minimum Gasteiger partial charge on any atom is -0.388 e. The Morgan fingerprint density at radius 2 is 2.12 bits per heavy atom. The molecule has 0 amide bonds. The van der Waals surface area contributed by atoms with Crippen LogP contribution in [0, 0.1) is 0 Å². The van der Waals surface area contributed by atoms with Gasteiger partial charge in [-0.1, -0.05) is 53.9 Å². The van der Waals surface area contributed by atoms with E-state index < -0.39 is 16.9 Å². The second-order valence-corrected chi connectivity index (χ2v) is 5.99. The number of benzene rings is 1. The monoisotopic (exact) mass is 316 g/mol. The third-order valence-corrected chi connectivity index (χ3v) is 4.61. The maximum atomic E-state index is 11.9. The molecule has 0 spiro atoms. The molecule has 94 valence electrons. The van der Waals surface area contributed by atoms with Crippen LogP contribution in [0.1, 0.15) is 26.2 Å². The number of aliphatic hydroxyl groups is 1. The second-order valence-electron chi connectivity index (χ2n) is 3.77. The number of halogens is 1. The molecule has 0 saturated carbocycles. The summed E-state index contributed by atoms with van der Waals surface area (Å²) >= 11 is 3.29. The fraction of sp³-hybridized carbons (Fsp3) is 0.385. The quantitative estimate of drug-likeness (QED) is 0.871. The Labute approximate surface area is 113 Å². The van der Waals surface area contributed by atoms with Crippen molar-refractivity contribution in [2.45, 2.75) is 37.2 Å². The highest BCUT2D eigenvalue weighted by Crippen LogP contribution is 2.19. The molecule has 0 aliphatic heterocycles. The van der Waals surface area contributed by atoms with E-state index in [4.69, 9.17) is 0 Å². The summed E-state index contributed by atoms with van der Waals surface area (Å²) in [7, 11) is -1.21. The number of unbranched alkanes of at least 4 members (excludes halogenated alkanes) is 1. The molecule has 0 radical (unpaired) electrons. The lowest BCUT2D eigenvalue weighted by molar-refractivity contribution is 0.206. The van der Waals surface area contributed by atoms with E-state index in [1.54, 1.807) is 5.41 Å². The Morgan fingerprint density at radius 1 is 1.47 bits per heavy atom. The average Bonchev–Trinajstić information content (AvgIpc) is 2.36. The highest BCUT2D eigenvalue weighted by atomic mass is 79.9. The van der Waals surface area contributed by atoms with Crippen molar-refractivity contribution in [2.75, 3.05) is 0 Å². The Bertz CT molecular complexity index is 390. The van der Waals surface area contributed by atoms with Gasteiger partial charge in [-0.05, 0) is 18.6 Å². The van der Waals surface area contributed by atoms with Crippen molar-refractivity contribution in [3.63, 3.8) is 0 Å². The molecule has 0 aliphatic rings. The van der Waals surface area contributed by atoms with E-state index in [1.807, 2.05) is 30.3 Å². The van der Waals surface area contributed by atoms with E-state index in [1.165, 1.54) is 0 Å². The molecule has 1 rings (SSSR count). The van der Waals surface area contributed by atoms with Crippen LogP contribution in [0.15, 0.2) is 45.1 Å². The number of hydrogen-bond donors (Lipinski definition) is 1. The first kappa shape index (κ1) is 14.6. The Hall–Kier alpha value is -0.450. The molecular weight excluding hydrogens is 300 g/mol. The zero-order valence-corrected chi connectivity index (χ0v) is 12.2. The lowest BCUT2D eigenvalue weighted by Crippen LogP contribution is -2.06. The van der Waals surface area contributed by atoms with Gasteiger partial charge < -0.3 is 5.11 Å². The molecular formula is C13H17BrO2S. The molecule has 1 N–H and O–H groups in total. The highest BCUT2D eigenvalue weighted by Gasteiger charge is 2.09. The molecule has 1 aromatic rings. The summed E-state index contributed by atoms with van der Waals surface area (Å²) in [5.41, 5.74) is 0. The largest absolute Gasteiger partial charge is 0.388 e. The van der Waals surface area contributed by atoms with Gasteiger partial charge in [0.2, 0.25) is 0 Å². The minimum atomic E-state index is -1.21. The third-order valence-electron chi connectivity index (χ3n) is 2.34. The molecule has 1 aromatic carbocycles. The zero-order valence-electron chi connectivity index (χ0n) is 9.80. The van der Waals surface area contributed by atoms with Crippen LogP contribution < -0.4 is 0 Å². The van der Waals surface area contributed by atoms with Gasteiger partial charge in [0.15, 0.2) is 0 Å². The predicted octanol–water partition coefficient (Wildman–Crippen LogP) is 3.58. The molecule has 4 heteroatoms. The first-order valence-electron chi connectivity index (χ1n) is 5.66. The Morgan fingerprint density at radius 3 is 2.71 bits per heavy atom. The standard InChI is InChI=1S/C13H17BrO2S/c1-2-3-9-13(15)12(14)10-17(16)11-7-5-4-6-8-11/h4-8,10,13,15H,2-3,9H2,1H3/b12-10+/t13-,17?/m1/s1. The molecule has 1 unspecified atom stereocenters. The van der Waals surface area contributed by atoms with Crippen LogP contribution in [0.4, 0.5) is 0 Å². The summed E-state index contributed by atoms with van der Waals surface area (Å²) in [5, 5.41) is 11.4. The predicted molar refractivity (Wildman–Crippen MR) is 75.4 cm³/mol. The second kappa shape index (κ2) is 7.80. The van der Waals surface area contributed by atoms with E-state index in [2.05, 4.69) is 22.9 Å². The van der Waals surface area contributed by atoms with E-state index in [-0.39, 0.29) is 0 Å². The molecule has 2 nitrogen and oxygen atoms in total. The molecule has 0 fully saturated rings. The molecule has 0 heterocycles. The van der Waals surface area contributed by atoms with Gasteiger partial charge in [-0.3, -0.25) is 0 Å². The van der Waals surface area contributed by atoms with Gasteiger partial charge in [-0.25, -0.2) is 4.21 Å². The van der Waals surface area contributed by atoms with Crippen LogP contribution in [0.3, 0.4) is 0 Å². The van der Waals surface area contributed by atoms with Crippen LogP contribution in [-0.4, -0.2) is 15.4 Å². The van der Waals surface area contributed by atoms with Crippen LogP contribution in [0.5, 0.6) is 0 Å². The zero-order chi connectivity index (χ0) is 12.7. The Balaban J connectivity index is 2.65. The van der Waals surface area contributed by atoms with Crippen molar-refractivity contribution in [2.24, 2.45) is 0 Å². The molecule has 2 atom stereocenters. The highest BCUT2D eigenvalue weighted by molar-refractivity contribution is 9.11. The molecule has 0 bridgehead atoms. The minimum absolute atomic E-state index is 0.553. The van der Waals surface area contributed by atoms with Crippen molar-refractivity contribution in [3.8, 4) is 0 Å². The molecule has 0 saturated heterocycles. The van der Waals surface area contributed by atoms with E-state index >= 15 is 0 Å². The van der Waals surface area contributed by atoms with Crippen molar-refractivity contribution < 1.29 is 9.32 Å². The van der Waals surface area contributed by atoms with Gasteiger partial charge in [0.1, 0.15) is 0 Å². The Kier molecular flexibility index (Phi) is 6.70. The normalized spacial score (nSPS) is 15.6. The molecule has 17 heavy (non-hydrogen) atoms. The number of hydrogen-bond acceptors (Lipinski definition) is 2. The summed E-state index contributed by atoms with van der Waals surface area (Å²) < 4.78 is 12.5. The summed E-state index contributed by atoms with van der Waals surface area (Å²) in [5.74, 6) is 0. The topological polar surface area (TPSA) is 37.3 Å². The van der Waals surface area contributed by atoms with Gasteiger partial charge in [0.25, 0.3) is 0 Å². The first-order chi connectivity index (χ1) is 8.15. The number of aliphatic hydroxyl groups excluding tert-OH is 1. The van der Waals surface area contributed by atoms with Crippen LogP contribution in [0.2, 0.25) is 0 Å². The van der Waals surface area contributed by atoms with Crippen molar-refractivity contribution in [3.05, 3.63) is 40.2 Å². The lowest BCUT2D eigenvalue weighted by atomic mass is 10.2. The molecule has 0 aliphatic carbocycles. The maximum Gasteiger partial charge on any atom is 0.0860 e. The van der Waals surface area contributed by atoms with Gasteiger partial charge >= 0.3 is 0 Å². The summed E-state index contributed by atoms with van der Waals surface area (Å²) in [6.07, 6.45) is 2.14. The fourth-order valence-corrected chi connectivity index (χ4v) is 3.00. The van der Waals surface area contributed by atoms with E-state index in [0.29, 0.717) is 10.9 Å². The SMILES string of the molecule is CCCC[C@@H](O)/C(Br)=C\S(=O)c1ccccc1. The van der Waals surface area contributed by atoms with E-state index in [0.717, 1.165) is 17.7 Å². The number of rotatable bonds is 6. The first-order valence-corrected chi connectivity index (χ1v) is 7.66. The average molecular weight is 317 g/mol. The lowest BCUT2D eigenvalue weighted by Gasteiger charge is -2.08. The summed E-state index contributed by atoms with van der Waals surface area (Å²) in [6, 6.07) is 9.21. The van der Waals surface area contributed by atoms with Gasteiger partial charge in [-0.2, -0.15) is 0 Å². The van der Waals surface area contributed by atoms with Crippen molar-refractivity contribution >= 4 is 26.7 Å². The van der Waals surface area contributed by atoms with Gasteiger partial charge in [0.05, 0.1) is 16.9 Å². The smallest absolute Gasteiger partial charge is 0.0860 e. The summed E-state index contributed by atoms with van der Waals surface area (Å²) in [6.45, 7) is 2.08.